The van der Waals surface area contributed by atoms with E-state index in [0.29, 0.717) is 5.56 Å². The number of nitrogens with two attached hydrogens (primary N) is 1. The first-order chi connectivity index (χ1) is 17.3. The van der Waals surface area contributed by atoms with Gasteiger partial charge in [0.2, 0.25) is 0 Å². The first kappa shape index (κ1) is 31.9. The number of ether oxygens (including phenoxy) is 4. The van der Waals surface area contributed by atoms with Gasteiger partial charge >= 0.3 is 24.1 Å². The van der Waals surface area contributed by atoms with Gasteiger partial charge < -0.3 is 29.8 Å². The zero-order chi connectivity index (χ0) is 28.3. The van der Waals surface area contributed by atoms with Crippen LogP contribution in [0, 0.1) is 17.8 Å². The van der Waals surface area contributed by atoms with Crippen molar-refractivity contribution >= 4 is 24.1 Å². The van der Waals surface area contributed by atoms with Crippen LogP contribution in [0.5, 0.6) is 11.5 Å². The lowest BCUT2D eigenvalue weighted by molar-refractivity contribution is -0.140. The number of carbonyl (C=O) groups excluding carboxylic acids is 3. The van der Waals surface area contributed by atoms with Crippen molar-refractivity contribution in [3.05, 3.63) is 23.8 Å². The van der Waals surface area contributed by atoms with E-state index in [-0.39, 0.29) is 36.2 Å². The van der Waals surface area contributed by atoms with Gasteiger partial charge in [0.05, 0.1) is 7.11 Å². The molecule has 3 N–H and O–H groups in total. The molecule has 0 spiro atoms. The van der Waals surface area contributed by atoms with Crippen LogP contribution in [-0.2, 0) is 23.9 Å². The van der Waals surface area contributed by atoms with Crippen molar-refractivity contribution in [3.8, 4) is 11.5 Å². The number of methoxy groups -OCH3 is 1. The zero-order valence-electron chi connectivity index (χ0n) is 22.8. The molecule has 1 aromatic rings. The molecule has 0 aliphatic heterocycles. The average Bonchev–Trinajstić information content (AvgIpc) is 2.84. The Morgan fingerprint density at radius 2 is 1.41 bits per heavy atom. The molecule has 0 heterocycles. The summed E-state index contributed by atoms with van der Waals surface area (Å²) in [6, 6.07) is 3.10. The Bertz CT molecular complexity index is 932. The number of esters is 2. The minimum Gasteiger partial charge on any atom is -0.480 e. The van der Waals surface area contributed by atoms with Crippen molar-refractivity contribution in [3.63, 3.8) is 0 Å². The number of hydrogen-bond acceptors (Lipinski definition) is 9. The summed E-state index contributed by atoms with van der Waals surface area (Å²) in [5, 5.41) is 9.68. The fourth-order valence-electron chi connectivity index (χ4n) is 3.67. The molecule has 1 rings (SSSR count). The van der Waals surface area contributed by atoms with Crippen molar-refractivity contribution in [2.75, 3.05) is 7.11 Å². The maximum Gasteiger partial charge on any atom is 0.508 e. The lowest BCUT2D eigenvalue weighted by atomic mass is 9.79. The quantitative estimate of drug-likeness (QED) is 0.260. The Labute approximate surface area is 218 Å². The molecule has 5 unspecified atom stereocenters. The molecule has 0 bridgehead atoms. The molecular formula is C27H41NO9. The van der Waals surface area contributed by atoms with E-state index in [1.807, 2.05) is 27.7 Å². The van der Waals surface area contributed by atoms with Crippen LogP contribution in [0.4, 0.5) is 4.79 Å². The van der Waals surface area contributed by atoms with Crippen molar-refractivity contribution in [1.29, 1.82) is 0 Å². The summed E-state index contributed by atoms with van der Waals surface area (Å²) in [5.41, 5.74) is 6.47. The Balaban J connectivity index is 3.46. The Kier molecular flexibility index (Phi) is 13.1. The van der Waals surface area contributed by atoms with E-state index < -0.39 is 48.0 Å². The maximum absolute atomic E-state index is 12.6. The van der Waals surface area contributed by atoms with E-state index in [2.05, 4.69) is 4.74 Å². The van der Waals surface area contributed by atoms with Crippen LogP contribution in [0.3, 0.4) is 0 Å². The molecule has 0 aliphatic rings. The van der Waals surface area contributed by atoms with Gasteiger partial charge in [0.1, 0.15) is 12.1 Å². The number of rotatable bonds is 14. The first-order valence-electron chi connectivity index (χ1n) is 12.6. The highest BCUT2D eigenvalue weighted by Gasteiger charge is 2.36. The van der Waals surface area contributed by atoms with Crippen molar-refractivity contribution in [2.45, 2.75) is 85.3 Å². The second kappa shape index (κ2) is 15.2. The average molecular weight is 524 g/mol. The fourth-order valence-corrected chi connectivity index (χ4v) is 3.67. The van der Waals surface area contributed by atoms with Gasteiger partial charge in [-0.15, -0.1) is 0 Å². The lowest BCUT2D eigenvalue weighted by Gasteiger charge is -2.31. The predicted molar refractivity (Wildman–Crippen MR) is 136 cm³/mol. The number of benzene rings is 1. The van der Waals surface area contributed by atoms with E-state index in [9.17, 15) is 24.3 Å². The van der Waals surface area contributed by atoms with Gasteiger partial charge in [-0.2, -0.15) is 0 Å². The Hall–Kier alpha value is -3.14. The molecule has 37 heavy (non-hydrogen) atoms. The normalized spacial score (nSPS) is 15.9. The summed E-state index contributed by atoms with van der Waals surface area (Å²) < 4.78 is 20.9. The van der Waals surface area contributed by atoms with Crippen LogP contribution >= 0.6 is 0 Å². The van der Waals surface area contributed by atoms with Crippen LogP contribution in [0.2, 0.25) is 0 Å². The van der Waals surface area contributed by atoms with Crippen LogP contribution in [-0.4, -0.2) is 48.4 Å². The van der Waals surface area contributed by atoms with Gasteiger partial charge in [0.15, 0.2) is 11.5 Å². The van der Waals surface area contributed by atoms with Gasteiger partial charge in [0.25, 0.3) is 0 Å². The van der Waals surface area contributed by atoms with Gasteiger partial charge in [-0.25, -0.2) is 4.79 Å². The third-order valence-corrected chi connectivity index (χ3v) is 6.65. The van der Waals surface area contributed by atoms with E-state index in [4.69, 9.17) is 19.9 Å². The van der Waals surface area contributed by atoms with Crippen LogP contribution in [0.25, 0.3) is 0 Å². The smallest absolute Gasteiger partial charge is 0.480 e. The predicted octanol–water partition coefficient (Wildman–Crippen LogP) is 4.67. The van der Waals surface area contributed by atoms with Gasteiger partial charge in [0, 0.05) is 24.7 Å². The number of aliphatic carboxylic acids is 1. The van der Waals surface area contributed by atoms with Crippen LogP contribution < -0.4 is 15.2 Å². The van der Waals surface area contributed by atoms with Crippen molar-refractivity contribution < 1.29 is 43.2 Å². The topological polar surface area (TPSA) is 151 Å². The van der Waals surface area contributed by atoms with E-state index in [1.165, 1.54) is 19.2 Å². The highest BCUT2D eigenvalue weighted by Crippen LogP contribution is 2.37. The highest BCUT2D eigenvalue weighted by atomic mass is 16.7. The van der Waals surface area contributed by atoms with Crippen molar-refractivity contribution in [2.24, 2.45) is 23.5 Å². The molecule has 10 nitrogen and oxygen atoms in total. The molecule has 0 aromatic heterocycles. The SMILES string of the molecule is CCC(C)CC(=O)Oc1ccc(C(C(C)C(C)OC(=O)OC)[C@H](N)C(=O)O)cc1OC(=O)CC(C)CC. The maximum atomic E-state index is 12.6. The highest BCUT2D eigenvalue weighted by molar-refractivity contribution is 5.77. The molecular weight excluding hydrogens is 482 g/mol. The van der Waals surface area contributed by atoms with E-state index in [0.717, 1.165) is 12.8 Å². The summed E-state index contributed by atoms with van der Waals surface area (Å²) in [7, 11) is 1.17. The summed E-state index contributed by atoms with van der Waals surface area (Å²) in [6.07, 6.45) is 0.238. The molecule has 0 fully saturated rings. The molecule has 0 amide bonds. The summed E-state index contributed by atoms with van der Waals surface area (Å²) in [4.78, 5) is 48.6. The number of hydrogen-bond donors (Lipinski definition) is 2. The van der Waals surface area contributed by atoms with Gasteiger partial charge in [-0.05, 0) is 36.5 Å². The molecule has 208 valence electrons. The fraction of sp³-hybridized carbons (Fsp3) is 0.630. The lowest BCUT2D eigenvalue weighted by Crippen LogP contribution is -2.42. The van der Waals surface area contributed by atoms with Gasteiger partial charge in [-0.3, -0.25) is 14.4 Å². The minimum absolute atomic E-state index is 0.0142. The molecule has 0 saturated heterocycles. The standard InChI is InChI=1S/C27H41NO9/c1-8-15(3)12-22(29)36-20-11-10-19(14-21(20)37-23(30)13-16(4)9-2)24(25(28)26(31)32)17(5)18(6)35-27(33)34-7/h10-11,14-18,24-25H,8-9,12-13,28H2,1-7H3,(H,31,32)/t15?,16?,17?,18?,24?,25-/m0/s1. The molecule has 1 aromatic carbocycles. The number of carbonyl (C=O) groups is 4. The molecule has 6 atom stereocenters. The van der Waals surface area contributed by atoms with Crippen molar-refractivity contribution in [1.82, 2.24) is 0 Å². The van der Waals surface area contributed by atoms with Gasteiger partial charge in [-0.1, -0.05) is 53.5 Å². The minimum atomic E-state index is -1.37. The molecule has 0 radical (unpaired) electrons. The largest absolute Gasteiger partial charge is 0.508 e. The monoisotopic (exact) mass is 523 g/mol. The molecule has 0 saturated carbocycles. The third-order valence-electron chi connectivity index (χ3n) is 6.65. The number of carboxylic acid groups (broad SMARTS) is 1. The van der Waals surface area contributed by atoms with Crippen LogP contribution in [0.1, 0.15) is 78.7 Å². The second-order valence-corrected chi connectivity index (χ2v) is 9.62. The Morgan fingerprint density at radius 1 is 0.892 bits per heavy atom. The molecule has 10 heteroatoms. The molecule has 0 aliphatic carbocycles. The summed E-state index contributed by atoms with van der Waals surface area (Å²) in [5.74, 6) is -3.46. The summed E-state index contributed by atoms with van der Waals surface area (Å²) >= 11 is 0. The van der Waals surface area contributed by atoms with E-state index in [1.54, 1.807) is 19.9 Å². The van der Waals surface area contributed by atoms with Crippen LogP contribution in [0.15, 0.2) is 18.2 Å². The third kappa shape index (κ3) is 10.0. The second-order valence-electron chi connectivity index (χ2n) is 9.62. The number of carboxylic acids is 1. The zero-order valence-corrected chi connectivity index (χ0v) is 22.8. The first-order valence-corrected chi connectivity index (χ1v) is 12.6. The van der Waals surface area contributed by atoms with E-state index >= 15 is 0 Å². The Morgan fingerprint density at radius 3 is 1.86 bits per heavy atom. The summed E-state index contributed by atoms with van der Waals surface area (Å²) in [6.45, 7) is 11.0.